The quantitative estimate of drug-likeness (QED) is 0.489. The third-order valence-electron chi connectivity index (χ3n) is 3.82. The molecule has 16 heavy (non-hydrogen) atoms. The molecule has 1 aliphatic carbocycles. The maximum Gasteiger partial charge on any atom is 0.237 e. The van der Waals surface area contributed by atoms with Gasteiger partial charge in [0.15, 0.2) is 0 Å². The highest BCUT2D eigenvalue weighted by Gasteiger charge is 2.42. The molecule has 0 spiro atoms. The van der Waals surface area contributed by atoms with Gasteiger partial charge >= 0.3 is 0 Å². The lowest BCUT2D eigenvalue weighted by atomic mass is 9.93. The molecule has 5 nitrogen and oxygen atoms in total. The molecule has 0 bridgehead atoms. The topological polar surface area (TPSA) is 81.6 Å². The lowest BCUT2D eigenvalue weighted by Crippen LogP contribution is -2.49. The average molecular weight is 228 g/mol. The molecule has 2 aliphatic rings. The molecule has 2 rings (SSSR count). The first-order valence-corrected chi connectivity index (χ1v) is 6.01. The Morgan fingerprint density at radius 3 is 2.81 bits per heavy atom. The Morgan fingerprint density at radius 2 is 2.12 bits per heavy atom. The summed E-state index contributed by atoms with van der Waals surface area (Å²) in [5, 5.41) is 23.7. The van der Waals surface area contributed by atoms with Crippen molar-refractivity contribution in [2.24, 2.45) is 11.8 Å². The van der Waals surface area contributed by atoms with Crippen LogP contribution in [0, 0.1) is 11.8 Å². The number of fused-ring (bicyclic) bond motifs is 1. The van der Waals surface area contributed by atoms with E-state index in [1.807, 2.05) is 0 Å². The van der Waals surface area contributed by atoms with E-state index in [1.54, 1.807) is 0 Å². The molecule has 0 aromatic rings. The summed E-state index contributed by atoms with van der Waals surface area (Å²) in [6.45, 7) is 0.484. The van der Waals surface area contributed by atoms with Crippen molar-refractivity contribution in [1.82, 2.24) is 10.6 Å². The van der Waals surface area contributed by atoms with E-state index in [-0.39, 0.29) is 25.2 Å². The van der Waals surface area contributed by atoms with Crippen molar-refractivity contribution in [3.05, 3.63) is 0 Å². The highest BCUT2D eigenvalue weighted by Crippen LogP contribution is 2.37. The van der Waals surface area contributed by atoms with Crippen molar-refractivity contribution in [1.29, 1.82) is 0 Å². The van der Waals surface area contributed by atoms with Crippen LogP contribution in [0.1, 0.15) is 19.3 Å². The molecule has 3 unspecified atom stereocenters. The first-order valence-electron chi connectivity index (χ1n) is 6.01. The normalized spacial score (nSPS) is 33.1. The molecule has 5 heteroatoms. The molecule has 1 heterocycles. The van der Waals surface area contributed by atoms with E-state index >= 15 is 0 Å². The van der Waals surface area contributed by atoms with Crippen molar-refractivity contribution in [2.75, 3.05) is 19.8 Å². The predicted molar refractivity (Wildman–Crippen MR) is 58.7 cm³/mol. The van der Waals surface area contributed by atoms with Crippen molar-refractivity contribution in [3.63, 3.8) is 0 Å². The second-order valence-corrected chi connectivity index (χ2v) is 4.81. The fourth-order valence-electron chi connectivity index (χ4n) is 2.91. The van der Waals surface area contributed by atoms with Gasteiger partial charge in [0, 0.05) is 0 Å². The predicted octanol–water partition coefficient (Wildman–Crippen LogP) is -1.16. The van der Waals surface area contributed by atoms with Gasteiger partial charge in [-0.05, 0) is 31.2 Å². The molecule has 1 amide bonds. The van der Waals surface area contributed by atoms with Crippen LogP contribution in [0.4, 0.5) is 0 Å². The molecule has 2 fully saturated rings. The number of carbonyl (C=O) groups excluding carboxylic acids is 1. The molecule has 1 saturated carbocycles. The fraction of sp³-hybridized carbons (Fsp3) is 0.909. The molecule has 92 valence electrons. The van der Waals surface area contributed by atoms with E-state index in [0.29, 0.717) is 11.8 Å². The number of hydrogen-bond donors (Lipinski definition) is 4. The van der Waals surface area contributed by atoms with Crippen LogP contribution >= 0.6 is 0 Å². The van der Waals surface area contributed by atoms with Gasteiger partial charge < -0.3 is 20.8 Å². The Labute approximate surface area is 95.2 Å². The Balaban J connectivity index is 1.89. The Morgan fingerprint density at radius 1 is 1.38 bits per heavy atom. The Kier molecular flexibility index (Phi) is 3.78. The van der Waals surface area contributed by atoms with Crippen LogP contribution in [0.3, 0.4) is 0 Å². The van der Waals surface area contributed by atoms with Gasteiger partial charge in [-0.25, -0.2) is 0 Å². The molecule has 0 aromatic carbocycles. The van der Waals surface area contributed by atoms with E-state index in [1.165, 1.54) is 12.8 Å². The van der Waals surface area contributed by atoms with Crippen molar-refractivity contribution >= 4 is 5.91 Å². The summed E-state index contributed by atoms with van der Waals surface area (Å²) < 4.78 is 0. The second-order valence-electron chi connectivity index (χ2n) is 4.81. The molecule has 4 N–H and O–H groups in total. The smallest absolute Gasteiger partial charge is 0.237 e. The third-order valence-corrected chi connectivity index (χ3v) is 3.82. The van der Waals surface area contributed by atoms with Crippen molar-refractivity contribution in [3.8, 4) is 0 Å². The zero-order valence-electron chi connectivity index (χ0n) is 9.35. The Bertz CT molecular complexity index is 256. The maximum absolute atomic E-state index is 11.9. The molecular formula is C11H20N2O3. The number of amides is 1. The van der Waals surface area contributed by atoms with Crippen LogP contribution in [-0.4, -0.2) is 48.0 Å². The molecular weight excluding hydrogens is 208 g/mol. The number of hydrogen-bond acceptors (Lipinski definition) is 4. The lowest BCUT2D eigenvalue weighted by Gasteiger charge is -2.21. The zero-order valence-corrected chi connectivity index (χ0v) is 9.35. The number of rotatable bonds is 4. The summed E-state index contributed by atoms with van der Waals surface area (Å²) in [7, 11) is 0. The highest BCUT2D eigenvalue weighted by atomic mass is 16.3. The average Bonchev–Trinajstić information content (AvgIpc) is 2.86. The van der Waals surface area contributed by atoms with Gasteiger partial charge in [-0.2, -0.15) is 0 Å². The summed E-state index contributed by atoms with van der Waals surface area (Å²) in [4.78, 5) is 11.9. The minimum Gasteiger partial charge on any atom is -0.394 e. The summed E-state index contributed by atoms with van der Waals surface area (Å²) >= 11 is 0. The number of aliphatic hydroxyl groups excluding tert-OH is 2. The molecule has 1 aliphatic heterocycles. The first-order chi connectivity index (χ1) is 7.76. The second kappa shape index (κ2) is 5.12. The van der Waals surface area contributed by atoms with Crippen LogP contribution in [-0.2, 0) is 4.79 Å². The van der Waals surface area contributed by atoms with E-state index < -0.39 is 6.04 Å². The minimum absolute atomic E-state index is 0.0810. The van der Waals surface area contributed by atoms with Gasteiger partial charge in [0.25, 0.3) is 0 Å². The molecule has 1 saturated heterocycles. The van der Waals surface area contributed by atoms with Gasteiger partial charge in [0.1, 0.15) is 0 Å². The van der Waals surface area contributed by atoms with Crippen LogP contribution in [0.5, 0.6) is 0 Å². The monoisotopic (exact) mass is 228 g/mol. The number of nitrogens with one attached hydrogen (secondary N) is 2. The maximum atomic E-state index is 11.9. The summed E-state index contributed by atoms with van der Waals surface area (Å²) in [6.07, 6.45) is 3.54. The van der Waals surface area contributed by atoms with Crippen LogP contribution in [0.25, 0.3) is 0 Å². The SMILES string of the molecule is O=C(NC(CO)CO)C1NCC2CCCC21. The summed E-state index contributed by atoms with van der Waals surface area (Å²) in [6, 6.07) is -0.664. The minimum atomic E-state index is -0.533. The first kappa shape index (κ1) is 11.8. The van der Waals surface area contributed by atoms with E-state index in [9.17, 15) is 4.79 Å². The largest absolute Gasteiger partial charge is 0.394 e. The molecule has 0 aromatic heterocycles. The van der Waals surface area contributed by atoms with Crippen LogP contribution < -0.4 is 10.6 Å². The van der Waals surface area contributed by atoms with Gasteiger partial charge in [0.2, 0.25) is 5.91 Å². The number of aliphatic hydroxyl groups is 2. The molecule has 0 radical (unpaired) electrons. The van der Waals surface area contributed by atoms with Crippen LogP contribution in [0.15, 0.2) is 0 Å². The van der Waals surface area contributed by atoms with Crippen LogP contribution in [0.2, 0.25) is 0 Å². The van der Waals surface area contributed by atoms with E-state index in [4.69, 9.17) is 10.2 Å². The van der Waals surface area contributed by atoms with E-state index in [2.05, 4.69) is 10.6 Å². The zero-order chi connectivity index (χ0) is 11.5. The van der Waals surface area contributed by atoms with Gasteiger partial charge in [-0.1, -0.05) is 6.42 Å². The van der Waals surface area contributed by atoms with Crippen molar-refractivity contribution < 1.29 is 15.0 Å². The summed E-state index contributed by atoms with van der Waals surface area (Å²) in [5.41, 5.74) is 0. The molecule has 3 atom stereocenters. The third kappa shape index (κ3) is 2.21. The Hall–Kier alpha value is -0.650. The standard InChI is InChI=1S/C11H20N2O3/c14-5-8(6-15)13-11(16)10-9-3-1-2-7(9)4-12-10/h7-10,12,14-15H,1-6H2,(H,13,16). The summed E-state index contributed by atoms with van der Waals surface area (Å²) in [5.74, 6) is 0.998. The van der Waals surface area contributed by atoms with Gasteiger partial charge in [-0.3, -0.25) is 4.79 Å². The highest BCUT2D eigenvalue weighted by molar-refractivity contribution is 5.82. The lowest BCUT2D eigenvalue weighted by molar-refractivity contribution is -0.125. The van der Waals surface area contributed by atoms with Gasteiger partial charge in [0.05, 0.1) is 25.3 Å². The van der Waals surface area contributed by atoms with Gasteiger partial charge in [-0.15, -0.1) is 0 Å². The van der Waals surface area contributed by atoms with Crippen molar-refractivity contribution in [2.45, 2.75) is 31.3 Å². The number of carbonyl (C=O) groups is 1. The van der Waals surface area contributed by atoms with E-state index in [0.717, 1.165) is 13.0 Å². The fourth-order valence-corrected chi connectivity index (χ4v) is 2.91.